The van der Waals surface area contributed by atoms with Gasteiger partial charge < -0.3 is 37.3 Å². The molecule has 0 aliphatic heterocycles. The highest BCUT2D eigenvalue weighted by Gasteiger charge is 2.41. The quantitative estimate of drug-likeness (QED) is 0.0396. The van der Waals surface area contributed by atoms with Crippen molar-refractivity contribution in [2.45, 2.75) is 44.6 Å². The topological polar surface area (TPSA) is 236 Å². The summed E-state index contributed by atoms with van der Waals surface area (Å²) in [5.74, 6) is -5.58. The van der Waals surface area contributed by atoms with Gasteiger partial charge in [0.15, 0.2) is 5.96 Å². The first-order valence-electron chi connectivity index (χ1n) is 9.00. The minimum absolute atomic E-state index is 0.0717. The van der Waals surface area contributed by atoms with Crippen molar-refractivity contribution in [3.8, 4) is 0 Å². The third-order valence-corrected chi connectivity index (χ3v) is 5.84. The second-order valence-corrected chi connectivity index (χ2v) is 9.03. The first-order chi connectivity index (χ1) is 13.7. The molecule has 0 heterocycles. The Hall–Kier alpha value is -2.25. The van der Waals surface area contributed by atoms with Crippen LogP contribution in [-0.4, -0.2) is 77.2 Å². The number of aliphatic imine (C=N–C) groups is 1. The molecule has 2 amide bonds. The van der Waals surface area contributed by atoms with Gasteiger partial charge in [0, 0.05) is 13.6 Å². The zero-order valence-corrected chi connectivity index (χ0v) is 18.3. The molecule has 0 aliphatic rings. The molecule has 0 spiro atoms. The first-order valence-corrected chi connectivity index (χ1v) is 10.7. The van der Waals surface area contributed by atoms with Crippen molar-refractivity contribution in [2.24, 2.45) is 28.1 Å². The lowest BCUT2D eigenvalue weighted by molar-refractivity contribution is -0.146. The Bertz CT molecular complexity index is 684. The van der Waals surface area contributed by atoms with E-state index in [-0.39, 0.29) is 24.8 Å². The Morgan fingerprint density at radius 2 is 1.80 bits per heavy atom. The minimum atomic E-state index is -4.76. The zero-order valence-electron chi connectivity index (χ0n) is 17.4. The summed E-state index contributed by atoms with van der Waals surface area (Å²) in [6, 6.07) is -2.05. The molecule has 0 saturated carbocycles. The van der Waals surface area contributed by atoms with Gasteiger partial charge >= 0.3 is 13.5 Å². The van der Waals surface area contributed by atoms with Crippen molar-refractivity contribution >= 4 is 31.3 Å². The molecule has 0 aromatic carbocycles. The number of nitrogens with one attached hydrogen (secondary N) is 2. The summed E-state index contributed by atoms with van der Waals surface area (Å²) in [4.78, 5) is 49.9. The fourth-order valence-electron chi connectivity index (χ4n) is 2.06. The SMILES string of the molecule is COC(=O)C(O)P(=O)(O)N(C)NC(=O)C(CCCN=C(N)N)NC(=O)C(N)C(C)C. The number of aliphatic hydroxyl groups is 1. The van der Waals surface area contributed by atoms with Gasteiger partial charge in [-0.3, -0.25) is 24.6 Å². The van der Waals surface area contributed by atoms with Gasteiger partial charge in [-0.05, 0) is 18.8 Å². The Balaban J connectivity index is 5.33. The molecule has 0 aliphatic carbocycles. The average molecular weight is 453 g/mol. The third-order valence-electron chi connectivity index (χ3n) is 4.03. The number of esters is 1. The number of carbonyl (C=O) groups is 3. The Kier molecular flexibility index (Phi) is 11.5. The van der Waals surface area contributed by atoms with Crippen LogP contribution in [0.1, 0.15) is 26.7 Å². The third kappa shape index (κ3) is 8.63. The maximum Gasteiger partial charge on any atom is 0.346 e. The first kappa shape index (κ1) is 27.8. The van der Waals surface area contributed by atoms with Gasteiger partial charge in [0.05, 0.1) is 13.2 Å². The van der Waals surface area contributed by atoms with Gasteiger partial charge in [-0.2, -0.15) is 0 Å². The Labute approximate surface area is 174 Å². The van der Waals surface area contributed by atoms with Gasteiger partial charge in [0.25, 0.3) is 5.91 Å². The standard InChI is InChI=1S/C15H32N7O7P/c1-8(2)10(16)12(24)20-9(6-5-7-19-15(17)18)11(23)21-22(3)30(27,28)14(26)13(25)29-4/h8-10,14,26H,5-7,16H2,1-4H3,(H,20,24)(H,21,23)(H,27,28)(H4,17,18,19). The molecule has 14 nitrogen and oxygen atoms in total. The van der Waals surface area contributed by atoms with Crippen molar-refractivity contribution in [3.63, 3.8) is 0 Å². The second-order valence-electron chi connectivity index (χ2n) is 6.77. The van der Waals surface area contributed by atoms with Crippen LogP contribution in [0, 0.1) is 5.92 Å². The minimum Gasteiger partial charge on any atom is -0.467 e. The molecular formula is C15H32N7O7P. The number of carbonyl (C=O) groups excluding carboxylic acids is 3. The van der Waals surface area contributed by atoms with Crippen LogP contribution in [0.15, 0.2) is 4.99 Å². The number of guanidine groups is 1. The highest BCUT2D eigenvalue weighted by atomic mass is 31.2. The second kappa shape index (κ2) is 12.4. The molecule has 0 aromatic heterocycles. The van der Waals surface area contributed by atoms with Gasteiger partial charge in [-0.15, -0.1) is 4.78 Å². The maximum atomic E-state index is 12.6. The molecule has 0 fully saturated rings. The summed E-state index contributed by atoms with van der Waals surface area (Å²) in [6.45, 7) is 3.62. The lowest BCUT2D eigenvalue weighted by Crippen LogP contribution is -2.55. The number of aliphatic hydroxyl groups excluding tert-OH is 1. The van der Waals surface area contributed by atoms with Crippen LogP contribution < -0.4 is 27.9 Å². The van der Waals surface area contributed by atoms with E-state index >= 15 is 0 Å². The van der Waals surface area contributed by atoms with Crippen molar-refractivity contribution in [1.29, 1.82) is 0 Å². The number of nitrogens with two attached hydrogens (primary N) is 3. The van der Waals surface area contributed by atoms with E-state index < -0.39 is 43.2 Å². The Morgan fingerprint density at radius 3 is 2.27 bits per heavy atom. The van der Waals surface area contributed by atoms with Crippen LogP contribution in [0.4, 0.5) is 0 Å². The van der Waals surface area contributed by atoms with E-state index in [2.05, 4.69) is 20.5 Å². The number of ether oxygens (including phenoxy) is 1. The number of rotatable bonds is 12. The van der Waals surface area contributed by atoms with Crippen LogP contribution in [0.2, 0.25) is 0 Å². The van der Waals surface area contributed by atoms with Crippen molar-refractivity contribution < 1.29 is 33.7 Å². The molecule has 30 heavy (non-hydrogen) atoms. The highest BCUT2D eigenvalue weighted by molar-refractivity contribution is 7.57. The smallest absolute Gasteiger partial charge is 0.346 e. The molecule has 0 radical (unpaired) electrons. The van der Waals surface area contributed by atoms with E-state index in [1.165, 1.54) is 0 Å². The maximum absolute atomic E-state index is 12.6. The van der Waals surface area contributed by atoms with Crippen LogP contribution in [0.5, 0.6) is 0 Å². The van der Waals surface area contributed by atoms with E-state index in [9.17, 15) is 28.9 Å². The lowest BCUT2D eigenvalue weighted by atomic mass is 10.0. The molecule has 0 aromatic rings. The zero-order chi connectivity index (χ0) is 23.6. The molecule has 15 heteroatoms. The average Bonchev–Trinajstić information content (AvgIpc) is 2.67. The summed E-state index contributed by atoms with van der Waals surface area (Å²) in [7, 11) is -2.87. The van der Waals surface area contributed by atoms with E-state index in [0.717, 1.165) is 14.2 Å². The van der Waals surface area contributed by atoms with Gasteiger partial charge in [0.1, 0.15) is 6.04 Å². The molecule has 0 rings (SSSR count). The van der Waals surface area contributed by atoms with E-state index in [4.69, 9.17) is 17.2 Å². The van der Waals surface area contributed by atoms with Gasteiger partial charge in [-0.1, -0.05) is 13.8 Å². The number of hydrogen-bond acceptors (Lipinski definition) is 8. The van der Waals surface area contributed by atoms with Crippen LogP contribution in [0.25, 0.3) is 0 Å². The largest absolute Gasteiger partial charge is 0.467 e. The predicted molar refractivity (Wildman–Crippen MR) is 108 cm³/mol. The molecule has 0 bridgehead atoms. The fraction of sp³-hybridized carbons (Fsp3) is 0.733. The summed E-state index contributed by atoms with van der Waals surface area (Å²) >= 11 is 0. The summed E-state index contributed by atoms with van der Waals surface area (Å²) in [5.41, 5.74) is 18.3. The van der Waals surface area contributed by atoms with E-state index in [1.54, 1.807) is 13.8 Å². The van der Waals surface area contributed by atoms with Gasteiger partial charge in [0.2, 0.25) is 11.8 Å². The normalized spacial score (nSPS) is 16.2. The molecule has 10 N–H and O–H groups in total. The fourth-order valence-corrected chi connectivity index (χ4v) is 3.01. The van der Waals surface area contributed by atoms with Crippen molar-refractivity contribution in [1.82, 2.24) is 15.5 Å². The molecule has 4 unspecified atom stereocenters. The van der Waals surface area contributed by atoms with E-state index in [0.29, 0.717) is 11.2 Å². The lowest BCUT2D eigenvalue weighted by Gasteiger charge is -2.28. The number of methoxy groups -OCH3 is 1. The highest BCUT2D eigenvalue weighted by Crippen LogP contribution is 2.47. The summed E-state index contributed by atoms with van der Waals surface area (Å²) < 4.78 is 16.9. The molecule has 0 saturated heterocycles. The monoisotopic (exact) mass is 453 g/mol. The molecule has 174 valence electrons. The number of hydrazine groups is 1. The van der Waals surface area contributed by atoms with Crippen molar-refractivity contribution in [2.75, 3.05) is 20.7 Å². The van der Waals surface area contributed by atoms with E-state index in [1.807, 2.05) is 0 Å². The predicted octanol–water partition coefficient (Wildman–Crippen LogP) is -2.85. The van der Waals surface area contributed by atoms with Crippen LogP contribution in [-0.2, 0) is 23.7 Å². The number of nitrogens with zero attached hydrogens (tertiary/aromatic N) is 2. The number of amides is 2. The molecule has 4 atom stereocenters. The van der Waals surface area contributed by atoms with Crippen LogP contribution >= 0.6 is 7.52 Å². The summed E-state index contributed by atoms with van der Waals surface area (Å²) in [5, 5.41) is 12.1. The Morgan fingerprint density at radius 1 is 1.23 bits per heavy atom. The number of hydrogen-bond donors (Lipinski definition) is 7. The van der Waals surface area contributed by atoms with Crippen molar-refractivity contribution in [3.05, 3.63) is 0 Å². The molecular weight excluding hydrogens is 421 g/mol. The summed E-state index contributed by atoms with van der Waals surface area (Å²) in [6.07, 6.45) is 0.362. The van der Waals surface area contributed by atoms with Crippen LogP contribution in [0.3, 0.4) is 0 Å². The van der Waals surface area contributed by atoms with Gasteiger partial charge in [-0.25, -0.2) is 4.79 Å².